The number of nitrogens with zero attached hydrogens (tertiary/aromatic N) is 2. The van der Waals surface area contributed by atoms with Crippen LogP contribution in [0.3, 0.4) is 0 Å². The quantitative estimate of drug-likeness (QED) is 0.541. The third-order valence-corrected chi connectivity index (χ3v) is 4.90. The number of halogens is 1. The summed E-state index contributed by atoms with van der Waals surface area (Å²) in [6, 6.07) is 12.0. The maximum absolute atomic E-state index is 13.8. The van der Waals surface area contributed by atoms with Gasteiger partial charge in [0.25, 0.3) is 5.91 Å². The maximum Gasteiger partial charge on any atom is 0.323 e. The van der Waals surface area contributed by atoms with Crippen molar-refractivity contribution in [2.75, 3.05) is 28.9 Å². The Morgan fingerprint density at radius 3 is 2.41 bits per heavy atom. The zero-order valence-corrected chi connectivity index (χ0v) is 18.5. The summed E-state index contributed by atoms with van der Waals surface area (Å²) < 4.78 is 29.3. The highest BCUT2D eigenvalue weighted by Gasteiger charge is 2.13. The van der Waals surface area contributed by atoms with E-state index in [0.29, 0.717) is 16.8 Å². The number of amides is 3. The van der Waals surface area contributed by atoms with E-state index >= 15 is 0 Å². The fraction of sp³-hybridized carbons (Fsp3) is 0.136. The van der Waals surface area contributed by atoms with E-state index < -0.39 is 27.5 Å². The fourth-order valence-electron chi connectivity index (χ4n) is 2.83. The average molecular weight is 456 g/mol. The lowest BCUT2D eigenvalue weighted by Crippen LogP contribution is -2.20. The van der Waals surface area contributed by atoms with Crippen LogP contribution in [0.2, 0.25) is 0 Å². The lowest BCUT2D eigenvalue weighted by molar-refractivity contribution is 0.100. The Kier molecular flexibility index (Phi) is 6.54. The Morgan fingerprint density at radius 2 is 1.75 bits per heavy atom. The summed E-state index contributed by atoms with van der Waals surface area (Å²) >= 11 is 0. The van der Waals surface area contributed by atoms with Crippen LogP contribution in [0.25, 0.3) is 11.1 Å². The molecule has 32 heavy (non-hydrogen) atoms. The zero-order chi connectivity index (χ0) is 23.5. The highest BCUT2D eigenvalue weighted by Crippen LogP contribution is 2.27. The Hall–Kier alpha value is -3.79. The molecule has 166 valence electrons. The van der Waals surface area contributed by atoms with Crippen molar-refractivity contribution in [2.45, 2.75) is 6.92 Å². The van der Waals surface area contributed by atoms with Gasteiger partial charge < -0.3 is 16.4 Å². The second-order valence-corrected chi connectivity index (χ2v) is 9.92. The van der Waals surface area contributed by atoms with Crippen molar-refractivity contribution in [1.82, 2.24) is 4.98 Å². The van der Waals surface area contributed by atoms with Crippen LogP contribution in [0.1, 0.15) is 15.9 Å². The van der Waals surface area contributed by atoms with E-state index in [1.807, 2.05) is 0 Å². The smallest absolute Gasteiger partial charge is 0.323 e. The monoisotopic (exact) mass is 455 g/mol. The molecule has 1 aromatic heterocycles. The third kappa shape index (κ3) is 5.88. The van der Waals surface area contributed by atoms with Crippen LogP contribution < -0.4 is 16.4 Å². The molecule has 0 aliphatic rings. The number of nitrogens with one attached hydrogen (secondary N) is 2. The Labute approximate surface area is 185 Å². The van der Waals surface area contributed by atoms with Gasteiger partial charge in [-0.3, -0.25) is 4.79 Å². The molecular weight excluding hydrogens is 433 g/mol. The van der Waals surface area contributed by atoms with E-state index in [9.17, 15) is 18.2 Å². The van der Waals surface area contributed by atoms with E-state index in [1.54, 1.807) is 37.3 Å². The lowest BCUT2D eigenvalue weighted by Gasteiger charge is -2.11. The van der Waals surface area contributed by atoms with Crippen LogP contribution in [0.15, 0.2) is 59.1 Å². The Balaban J connectivity index is 1.77. The molecule has 0 aliphatic heterocycles. The molecule has 4 N–H and O–H groups in total. The van der Waals surface area contributed by atoms with Gasteiger partial charge in [-0.2, -0.15) is 4.36 Å². The average Bonchev–Trinajstić information content (AvgIpc) is 2.70. The number of rotatable bonds is 4. The minimum absolute atomic E-state index is 0.0768. The number of hydrogen-bond acceptors (Lipinski definition) is 5. The van der Waals surface area contributed by atoms with Crippen molar-refractivity contribution in [3.63, 3.8) is 0 Å². The molecule has 0 saturated heterocycles. The van der Waals surface area contributed by atoms with Crippen molar-refractivity contribution in [3.05, 3.63) is 71.7 Å². The number of anilines is 3. The van der Waals surface area contributed by atoms with Crippen molar-refractivity contribution >= 4 is 38.9 Å². The molecule has 10 heteroatoms. The van der Waals surface area contributed by atoms with Crippen molar-refractivity contribution in [1.29, 1.82) is 0 Å². The standard InChI is InChI=1S/C22H22FN5O3S/c1-13-4-9-18(23)19(10-13)27-22(30)26-16-7-5-14(6-8-16)17-11-15(12-25-20(17)24)21(29)28-32(2,3)31/h4-12H,1-3H3,(H2,24,25)(H2,26,27,30). The van der Waals surface area contributed by atoms with Crippen LogP contribution in [0.4, 0.5) is 26.4 Å². The molecule has 8 nitrogen and oxygen atoms in total. The topological polar surface area (TPSA) is 127 Å². The van der Waals surface area contributed by atoms with E-state index in [1.165, 1.54) is 36.9 Å². The molecule has 0 unspecified atom stereocenters. The number of nitrogen functional groups attached to an aromatic ring is 1. The van der Waals surface area contributed by atoms with E-state index in [4.69, 9.17) is 5.73 Å². The van der Waals surface area contributed by atoms with Crippen LogP contribution in [-0.4, -0.2) is 33.6 Å². The summed E-state index contributed by atoms with van der Waals surface area (Å²) in [6.07, 6.45) is 4.01. The van der Waals surface area contributed by atoms with Gasteiger partial charge in [0.1, 0.15) is 11.6 Å². The highest BCUT2D eigenvalue weighted by atomic mass is 32.2. The first kappa shape index (κ1) is 22.9. The van der Waals surface area contributed by atoms with Crippen LogP contribution in [0.5, 0.6) is 0 Å². The predicted molar refractivity (Wildman–Crippen MR) is 125 cm³/mol. The van der Waals surface area contributed by atoms with E-state index in [2.05, 4.69) is 20.0 Å². The molecule has 0 fully saturated rings. The summed E-state index contributed by atoms with van der Waals surface area (Å²) in [6.45, 7) is 1.79. The fourth-order valence-corrected chi connectivity index (χ4v) is 3.33. The first-order valence-electron chi connectivity index (χ1n) is 9.43. The van der Waals surface area contributed by atoms with Crippen molar-refractivity contribution in [3.8, 4) is 11.1 Å². The normalized spacial score (nSPS) is 11.0. The molecule has 0 atom stereocenters. The van der Waals surface area contributed by atoms with Gasteiger partial charge in [0.15, 0.2) is 0 Å². The van der Waals surface area contributed by atoms with Crippen molar-refractivity contribution in [2.24, 2.45) is 4.36 Å². The Bertz CT molecular complexity index is 1310. The van der Waals surface area contributed by atoms with Crippen LogP contribution in [0, 0.1) is 12.7 Å². The predicted octanol–water partition coefficient (Wildman–Crippen LogP) is 4.29. The third-order valence-electron chi connectivity index (χ3n) is 4.29. The molecule has 0 aliphatic carbocycles. The van der Waals surface area contributed by atoms with Crippen molar-refractivity contribution < 1.29 is 18.2 Å². The van der Waals surface area contributed by atoms with Gasteiger partial charge in [0.05, 0.1) is 11.3 Å². The van der Waals surface area contributed by atoms with Gasteiger partial charge in [0.2, 0.25) is 0 Å². The molecule has 3 aromatic rings. The minimum Gasteiger partial charge on any atom is -0.383 e. The second-order valence-electron chi connectivity index (χ2n) is 7.37. The molecule has 0 spiro atoms. The zero-order valence-electron chi connectivity index (χ0n) is 17.7. The summed E-state index contributed by atoms with van der Waals surface area (Å²) in [5, 5.41) is 5.09. The number of hydrogen-bond donors (Lipinski definition) is 3. The summed E-state index contributed by atoms with van der Waals surface area (Å²) in [7, 11) is -2.61. The second kappa shape index (κ2) is 9.15. The molecule has 0 radical (unpaired) electrons. The first-order valence-corrected chi connectivity index (χ1v) is 11.8. The molecule has 1 heterocycles. The van der Waals surface area contributed by atoms with Gasteiger partial charge in [0, 0.05) is 39.7 Å². The maximum atomic E-state index is 13.8. The van der Waals surface area contributed by atoms with Gasteiger partial charge in [-0.15, -0.1) is 0 Å². The largest absolute Gasteiger partial charge is 0.383 e. The first-order chi connectivity index (χ1) is 15.0. The molecule has 3 rings (SSSR count). The van der Waals surface area contributed by atoms with Gasteiger partial charge in [-0.1, -0.05) is 18.2 Å². The van der Waals surface area contributed by atoms with Gasteiger partial charge in [-0.25, -0.2) is 18.4 Å². The molecule has 3 amide bonds. The molecule has 2 aromatic carbocycles. The number of pyridine rings is 1. The van der Waals surface area contributed by atoms with Crippen LogP contribution in [-0.2, 0) is 9.73 Å². The number of urea groups is 1. The number of aryl methyl sites for hydroxylation is 1. The van der Waals surface area contributed by atoms with Crippen LogP contribution >= 0.6 is 0 Å². The summed E-state index contributed by atoms with van der Waals surface area (Å²) in [5.41, 5.74) is 8.60. The molecular formula is C22H22FN5O3S. The number of benzene rings is 2. The number of nitrogens with two attached hydrogens (primary N) is 1. The lowest BCUT2D eigenvalue weighted by atomic mass is 10.0. The van der Waals surface area contributed by atoms with E-state index in [-0.39, 0.29) is 17.1 Å². The van der Waals surface area contributed by atoms with Gasteiger partial charge in [-0.05, 0) is 48.4 Å². The number of carbonyl (C=O) groups excluding carboxylic acids is 2. The van der Waals surface area contributed by atoms with E-state index in [0.717, 1.165) is 5.56 Å². The minimum atomic E-state index is -2.61. The van der Waals surface area contributed by atoms with Gasteiger partial charge >= 0.3 is 6.03 Å². The summed E-state index contributed by atoms with van der Waals surface area (Å²) in [5.74, 6) is -0.983. The highest BCUT2D eigenvalue weighted by molar-refractivity contribution is 7.92. The summed E-state index contributed by atoms with van der Waals surface area (Å²) in [4.78, 5) is 28.4. The SMILES string of the molecule is Cc1ccc(F)c(NC(=O)Nc2ccc(-c3cc(C(=O)N=S(C)(C)=O)cnc3N)cc2)c1. The molecule has 0 bridgehead atoms. The molecule has 0 saturated carbocycles. The number of aromatic nitrogens is 1. The Morgan fingerprint density at radius 1 is 1.06 bits per heavy atom. The number of carbonyl (C=O) groups is 2.